The Bertz CT molecular complexity index is 803. The lowest BCUT2D eigenvalue weighted by Crippen LogP contribution is -2.49. The number of nitrogens with one attached hydrogen (secondary N) is 1. The summed E-state index contributed by atoms with van der Waals surface area (Å²) in [5.41, 5.74) is 1.71. The van der Waals surface area contributed by atoms with Crippen LogP contribution in [0, 0.1) is 0 Å². The number of carbonyl (C=O) groups is 2. The van der Waals surface area contributed by atoms with Gasteiger partial charge in [0.05, 0.1) is 12.2 Å². The maximum Gasteiger partial charge on any atom is 0.271 e. The zero-order valence-corrected chi connectivity index (χ0v) is 15.4. The van der Waals surface area contributed by atoms with Crippen LogP contribution in [0.5, 0.6) is 0 Å². The molecule has 1 aliphatic heterocycles. The van der Waals surface area contributed by atoms with E-state index >= 15 is 0 Å². The van der Waals surface area contributed by atoms with Crippen molar-refractivity contribution in [1.82, 2.24) is 25.4 Å². The fourth-order valence-electron chi connectivity index (χ4n) is 2.91. The molecule has 27 heavy (non-hydrogen) atoms. The van der Waals surface area contributed by atoms with Gasteiger partial charge < -0.3 is 19.9 Å². The molecule has 3 rings (SSSR count). The summed E-state index contributed by atoms with van der Waals surface area (Å²) in [5.74, 6) is 0.383. The Kier molecular flexibility index (Phi) is 5.92. The van der Waals surface area contributed by atoms with Gasteiger partial charge in [-0.05, 0) is 23.8 Å². The van der Waals surface area contributed by atoms with Crippen molar-refractivity contribution < 1.29 is 14.3 Å². The topological polar surface area (TPSA) is 101 Å². The molecule has 9 nitrogen and oxygen atoms in total. The molecule has 142 valence electrons. The van der Waals surface area contributed by atoms with E-state index in [1.165, 1.54) is 0 Å². The molecular formula is C18H22N6O3. The Balaban J connectivity index is 1.60. The standard InChI is InChI=1S/C18H22N6O3/c1-19-17(25)15-3-4-16(22-21-15)23-5-7-24(8-6-23)18(26)14-9-13(12-27-2)10-20-11-14/h3-4,9-11H,5-8,12H2,1-2H3,(H,19,25). The minimum atomic E-state index is -0.270. The molecule has 9 heteroatoms. The number of hydrogen-bond donors (Lipinski definition) is 1. The average molecular weight is 370 g/mol. The molecule has 1 saturated heterocycles. The van der Waals surface area contributed by atoms with Crippen molar-refractivity contribution in [3.05, 3.63) is 47.4 Å². The summed E-state index contributed by atoms with van der Waals surface area (Å²) < 4.78 is 5.09. The van der Waals surface area contributed by atoms with E-state index in [0.29, 0.717) is 44.2 Å². The summed E-state index contributed by atoms with van der Waals surface area (Å²) in [5, 5.41) is 10.6. The van der Waals surface area contributed by atoms with Gasteiger partial charge in [-0.15, -0.1) is 10.2 Å². The molecule has 0 atom stereocenters. The molecule has 2 aromatic heterocycles. The van der Waals surface area contributed by atoms with Crippen molar-refractivity contribution in [1.29, 1.82) is 0 Å². The van der Waals surface area contributed by atoms with Crippen LogP contribution in [0.15, 0.2) is 30.6 Å². The van der Waals surface area contributed by atoms with E-state index in [-0.39, 0.29) is 17.5 Å². The first-order valence-corrected chi connectivity index (χ1v) is 8.65. The highest BCUT2D eigenvalue weighted by Crippen LogP contribution is 2.15. The molecule has 1 N–H and O–H groups in total. The van der Waals surface area contributed by atoms with Gasteiger partial charge in [-0.2, -0.15) is 0 Å². The quantitative estimate of drug-likeness (QED) is 0.810. The van der Waals surface area contributed by atoms with Crippen molar-refractivity contribution in [3.8, 4) is 0 Å². The smallest absolute Gasteiger partial charge is 0.271 e. The Morgan fingerprint density at radius 3 is 2.56 bits per heavy atom. The van der Waals surface area contributed by atoms with Crippen LogP contribution < -0.4 is 10.2 Å². The number of carbonyl (C=O) groups excluding carboxylic acids is 2. The van der Waals surface area contributed by atoms with Crippen molar-refractivity contribution in [2.45, 2.75) is 6.61 Å². The van der Waals surface area contributed by atoms with E-state index in [0.717, 1.165) is 5.56 Å². The Labute approximate surface area is 157 Å². The van der Waals surface area contributed by atoms with Gasteiger partial charge in [0.25, 0.3) is 11.8 Å². The van der Waals surface area contributed by atoms with Gasteiger partial charge in [-0.25, -0.2) is 0 Å². The number of piperazine rings is 1. The van der Waals surface area contributed by atoms with Crippen LogP contribution in [0.25, 0.3) is 0 Å². The molecule has 3 heterocycles. The van der Waals surface area contributed by atoms with Crippen LogP contribution in [-0.4, -0.2) is 72.2 Å². The number of ether oxygens (including phenoxy) is 1. The molecule has 0 bridgehead atoms. The third-order valence-electron chi connectivity index (χ3n) is 4.35. The molecule has 0 saturated carbocycles. The number of methoxy groups -OCH3 is 1. The van der Waals surface area contributed by atoms with E-state index in [9.17, 15) is 9.59 Å². The van der Waals surface area contributed by atoms with Gasteiger partial charge in [0, 0.05) is 52.7 Å². The molecule has 2 aromatic rings. The lowest BCUT2D eigenvalue weighted by molar-refractivity contribution is 0.0745. The van der Waals surface area contributed by atoms with Crippen molar-refractivity contribution in [3.63, 3.8) is 0 Å². The van der Waals surface area contributed by atoms with Crippen molar-refractivity contribution >= 4 is 17.6 Å². The third kappa shape index (κ3) is 4.37. The number of pyridine rings is 1. The monoisotopic (exact) mass is 370 g/mol. The number of aromatic nitrogens is 3. The first-order chi connectivity index (χ1) is 13.1. The predicted octanol–water partition coefficient (Wildman–Crippen LogP) is 0.340. The Morgan fingerprint density at radius 1 is 1.15 bits per heavy atom. The molecule has 0 aromatic carbocycles. The second-order valence-electron chi connectivity index (χ2n) is 6.15. The number of amides is 2. The minimum absolute atomic E-state index is 0.0406. The Hall–Kier alpha value is -3.07. The highest BCUT2D eigenvalue weighted by molar-refractivity contribution is 5.94. The normalized spacial score (nSPS) is 14.1. The Morgan fingerprint density at radius 2 is 1.93 bits per heavy atom. The fourth-order valence-corrected chi connectivity index (χ4v) is 2.91. The molecule has 0 radical (unpaired) electrons. The third-order valence-corrected chi connectivity index (χ3v) is 4.35. The highest BCUT2D eigenvalue weighted by Gasteiger charge is 2.23. The lowest BCUT2D eigenvalue weighted by Gasteiger charge is -2.35. The van der Waals surface area contributed by atoms with E-state index < -0.39 is 0 Å². The molecule has 1 fully saturated rings. The highest BCUT2D eigenvalue weighted by atomic mass is 16.5. The summed E-state index contributed by atoms with van der Waals surface area (Å²) in [6.07, 6.45) is 3.27. The number of hydrogen-bond acceptors (Lipinski definition) is 7. The summed E-state index contributed by atoms with van der Waals surface area (Å²) in [4.78, 5) is 32.2. The first kappa shape index (κ1) is 18.7. The summed E-state index contributed by atoms with van der Waals surface area (Å²) >= 11 is 0. The fraction of sp³-hybridized carbons (Fsp3) is 0.389. The summed E-state index contributed by atoms with van der Waals surface area (Å²) in [6, 6.07) is 5.23. The van der Waals surface area contributed by atoms with E-state index in [4.69, 9.17) is 4.74 Å². The molecule has 0 aliphatic carbocycles. The second kappa shape index (κ2) is 8.54. The molecule has 0 spiro atoms. The SMILES string of the molecule is CNC(=O)c1ccc(N2CCN(C(=O)c3cncc(COC)c3)CC2)nn1. The maximum absolute atomic E-state index is 12.7. The molecular weight excluding hydrogens is 348 g/mol. The summed E-state index contributed by atoms with van der Waals surface area (Å²) in [6.45, 7) is 2.86. The van der Waals surface area contributed by atoms with Gasteiger partial charge >= 0.3 is 0 Å². The van der Waals surface area contributed by atoms with Crippen LogP contribution in [0.3, 0.4) is 0 Å². The van der Waals surface area contributed by atoms with Gasteiger partial charge in [0.2, 0.25) is 0 Å². The van der Waals surface area contributed by atoms with Gasteiger partial charge in [0.1, 0.15) is 0 Å². The first-order valence-electron chi connectivity index (χ1n) is 8.65. The largest absolute Gasteiger partial charge is 0.380 e. The molecule has 1 aliphatic rings. The maximum atomic E-state index is 12.7. The van der Waals surface area contributed by atoms with Crippen LogP contribution >= 0.6 is 0 Å². The number of rotatable bonds is 5. The average Bonchev–Trinajstić information content (AvgIpc) is 2.73. The zero-order valence-electron chi connectivity index (χ0n) is 15.4. The molecule has 0 unspecified atom stereocenters. The van der Waals surface area contributed by atoms with Crippen LogP contribution in [0.2, 0.25) is 0 Å². The van der Waals surface area contributed by atoms with Crippen molar-refractivity contribution in [2.75, 3.05) is 45.2 Å². The zero-order chi connectivity index (χ0) is 19.2. The van der Waals surface area contributed by atoms with Crippen LogP contribution in [0.1, 0.15) is 26.4 Å². The van der Waals surface area contributed by atoms with Gasteiger partial charge in [-0.1, -0.05) is 0 Å². The van der Waals surface area contributed by atoms with Crippen molar-refractivity contribution in [2.24, 2.45) is 0 Å². The van der Waals surface area contributed by atoms with Crippen LogP contribution in [0.4, 0.5) is 5.82 Å². The summed E-state index contributed by atoms with van der Waals surface area (Å²) in [7, 11) is 3.16. The number of anilines is 1. The predicted molar refractivity (Wildman–Crippen MR) is 98.5 cm³/mol. The van der Waals surface area contributed by atoms with Gasteiger partial charge in [0.15, 0.2) is 11.5 Å². The van der Waals surface area contributed by atoms with E-state index in [1.807, 2.05) is 11.0 Å². The lowest BCUT2D eigenvalue weighted by atomic mass is 10.1. The minimum Gasteiger partial charge on any atom is -0.380 e. The second-order valence-corrected chi connectivity index (χ2v) is 6.15. The number of nitrogens with zero attached hydrogens (tertiary/aromatic N) is 5. The van der Waals surface area contributed by atoms with E-state index in [2.05, 4.69) is 20.5 Å². The van der Waals surface area contributed by atoms with Gasteiger partial charge in [-0.3, -0.25) is 14.6 Å². The molecule has 2 amide bonds. The van der Waals surface area contributed by atoms with Crippen LogP contribution in [-0.2, 0) is 11.3 Å². The van der Waals surface area contributed by atoms with E-state index in [1.54, 1.807) is 43.6 Å².